The fourth-order valence-corrected chi connectivity index (χ4v) is 2.00. The number of benzene rings is 1. The van der Waals surface area contributed by atoms with Gasteiger partial charge in [-0.1, -0.05) is 19.4 Å². The number of methoxy groups -OCH3 is 1. The van der Waals surface area contributed by atoms with Crippen LogP contribution >= 0.6 is 0 Å². The van der Waals surface area contributed by atoms with Crippen molar-refractivity contribution in [1.29, 1.82) is 0 Å². The van der Waals surface area contributed by atoms with Gasteiger partial charge in [0.25, 0.3) is 0 Å². The fraction of sp³-hybridized carbons (Fsp3) is 0.533. The number of carbonyl (C=O) groups is 1. The van der Waals surface area contributed by atoms with Gasteiger partial charge in [-0.25, -0.2) is 9.18 Å². The van der Waals surface area contributed by atoms with Crippen molar-refractivity contribution in [2.24, 2.45) is 5.92 Å². The summed E-state index contributed by atoms with van der Waals surface area (Å²) in [6.45, 7) is 3.56. The zero-order valence-electron chi connectivity index (χ0n) is 12.0. The number of esters is 1. The SMILES string of the molecule is CCC(CCO)CNCc1ccc(C(=O)OC)c(F)c1. The Morgan fingerprint density at radius 1 is 1.50 bits per heavy atom. The van der Waals surface area contributed by atoms with E-state index in [1.54, 1.807) is 6.07 Å². The summed E-state index contributed by atoms with van der Waals surface area (Å²) in [6, 6.07) is 4.48. The highest BCUT2D eigenvalue weighted by Crippen LogP contribution is 2.12. The third-order valence-corrected chi connectivity index (χ3v) is 3.32. The largest absolute Gasteiger partial charge is 0.465 e. The molecule has 0 aliphatic carbocycles. The van der Waals surface area contributed by atoms with Crippen LogP contribution in [0.15, 0.2) is 18.2 Å². The molecule has 20 heavy (non-hydrogen) atoms. The van der Waals surface area contributed by atoms with Crippen LogP contribution in [-0.4, -0.2) is 31.3 Å². The molecule has 112 valence electrons. The maximum atomic E-state index is 13.7. The minimum Gasteiger partial charge on any atom is -0.465 e. The number of aliphatic hydroxyl groups is 1. The van der Waals surface area contributed by atoms with Crippen molar-refractivity contribution >= 4 is 5.97 Å². The summed E-state index contributed by atoms with van der Waals surface area (Å²) in [7, 11) is 1.23. The lowest BCUT2D eigenvalue weighted by molar-refractivity contribution is 0.0595. The molecule has 0 bridgehead atoms. The van der Waals surface area contributed by atoms with E-state index in [4.69, 9.17) is 5.11 Å². The first-order valence-corrected chi connectivity index (χ1v) is 6.80. The molecule has 1 aromatic carbocycles. The van der Waals surface area contributed by atoms with Crippen LogP contribution in [0, 0.1) is 11.7 Å². The number of nitrogens with one attached hydrogen (secondary N) is 1. The average Bonchev–Trinajstić information content (AvgIpc) is 2.45. The van der Waals surface area contributed by atoms with Gasteiger partial charge in [0.2, 0.25) is 0 Å². The summed E-state index contributed by atoms with van der Waals surface area (Å²) in [5.41, 5.74) is 0.719. The maximum absolute atomic E-state index is 13.7. The van der Waals surface area contributed by atoms with Crippen molar-refractivity contribution in [3.05, 3.63) is 35.1 Å². The van der Waals surface area contributed by atoms with E-state index in [0.717, 1.165) is 24.9 Å². The van der Waals surface area contributed by atoms with E-state index in [1.807, 2.05) is 0 Å². The van der Waals surface area contributed by atoms with Crippen molar-refractivity contribution in [2.45, 2.75) is 26.3 Å². The number of hydrogen-bond acceptors (Lipinski definition) is 4. The van der Waals surface area contributed by atoms with Crippen LogP contribution in [0.25, 0.3) is 0 Å². The Kier molecular flexibility index (Phi) is 7.18. The van der Waals surface area contributed by atoms with Crippen molar-refractivity contribution < 1.29 is 19.0 Å². The Morgan fingerprint density at radius 2 is 2.25 bits per heavy atom. The summed E-state index contributed by atoms with van der Waals surface area (Å²) in [6.07, 6.45) is 1.75. The van der Waals surface area contributed by atoms with Crippen molar-refractivity contribution in [1.82, 2.24) is 5.32 Å². The van der Waals surface area contributed by atoms with Crippen molar-refractivity contribution in [2.75, 3.05) is 20.3 Å². The van der Waals surface area contributed by atoms with Gasteiger partial charge in [-0.05, 0) is 36.6 Å². The van der Waals surface area contributed by atoms with Crippen LogP contribution < -0.4 is 5.32 Å². The first-order chi connectivity index (χ1) is 9.62. The second-order valence-corrected chi connectivity index (χ2v) is 4.72. The Morgan fingerprint density at radius 3 is 2.80 bits per heavy atom. The van der Waals surface area contributed by atoms with Gasteiger partial charge in [0.15, 0.2) is 0 Å². The lowest BCUT2D eigenvalue weighted by Gasteiger charge is -2.14. The summed E-state index contributed by atoms with van der Waals surface area (Å²) < 4.78 is 18.2. The predicted molar refractivity (Wildman–Crippen MR) is 74.9 cm³/mol. The van der Waals surface area contributed by atoms with E-state index < -0.39 is 11.8 Å². The number of aliphatic hydroxyl groups excluding tert-OH is 1. The molecule has 1 rings (SSSR count). The Hall–Kier alpha value is -1.46. The zero-order valence-corrected chi connectivity index (χ0v) is 12.0. The molecule has 0 radical (unpaired) electrons. The lowest BCUT2D eigenvalue weighted by atomic mass is 10.0. The number of hydrogen-bond donors (Lipinski definition) is 2. The van der Waals surface area contributed by atoms with E-state index in [2.05, 4.69) is 17.0 Å². The monoisotopic (exact) mass is 283 g/mol. The molecule has 0 saturated heterocycles. The standard InChI is InChI=1S/C15H22FNO3/c1-3-11(6-7-18)9-17-10-12-4-5-13(14(16)8-12)15(19)20-2/h4-5,8,11,17-18H,3,6-7,9-10H2,1-2H3. The Labute approximate surface area is 119 Å². The zero-order chi connectivity index (χ0) is 15.0. The van der Waals surface area contributed by atoms with E-state index in [1.165, 1.54) is 19.2 Å². The summed E-state index contributed by atoms with van der Waals surface area (Å²) >= 11 is 0. The van der Waals surface area contributed by atoms with Crippen LogP contribution in [0.5, 0.6) is 0 Å². The number of carbonyl (C=O) groups excluding carboxylic acids is 1. The first kappa shape index (κ1) is 16.6. The molecule has 2 N–H and O–H groups in total. The van der Waals surface area contributed by atoms with Crippen LogP contribution in [0.3, 0.4) is 0 Å². The van der Waals surface area contributed by atoms with Crippen molar-refractivity contribution in [3.8, 4) is 0 Å². The third-order valence-electron chi connectivity index (χ3n) is 3.32. The second-order valence-electron chi connectivity index (χ2n) is 4.72. The molecule has 0 spiro atoms. The van der Waals surface area contributed by atoms with Gasteiger partial charge in [-0.15, -0.1) is 0 Å². The number of ether oxygens (including phenoxy) is 1. The molecular formula is C15H22FNO3. The number of rotatable bonds is 8. The molecule has 0 amide bonds. The van der Waals surface area contributed by atoms with Crippen LogP contribution in [0.1, 0.15) is 35.7 Å². The molecule has 0 fully saturated rings. The highest BCUT2D eigenvalue weighted by Gasteiger charge is 2.12. The van der Waals surface area contributed by atoms with E-state index >= 15 is 0 Å². The molecule has 4 nitrogen and oxygen atoms in total. The summed E-state index contributed by atoms with van der Waals surface area (Å²) in [4.78, 5) is 11.3. The maximum Gasteiger partial charge on any atom is 0.340 e. The Bertz CT molecular complexity index is 437. The van der Waals surface area contributed by atoms with Crippen LogP contribution in [-0.2, 0) is 11.3 Å². The molecule has 0 aliphatic rings. The average molecular weight is 283 g/mol. The molecule has 1 aromatic rings. The second kappa shape index (κ2) is 8.66. The minimum atomic E-state index is -0.670. The van der Waals surface area contributed by atoms with Gasteiger partial charge in [-0.2, -0.15) is 0 Å². The molecule has 0 saturated carbocycles. The van der Waals surface area contributed by atoms with Gasteiger partial charge in [0, 0.05) is 13.2 Å². The smallest absolute Gasteiger partial charge is 0.340 e. The summed E-state index contributed by atoms with van der Waals surface area (Å²) in [5, 5.41) is 12.1. The highest BCUT2D eigenvalue weighted by atomic mass is 19.1. The molecule has 0 aromatic heterocycles. The first-order valence-electron chi connectivity index (χ1n) is 6.80. The number of halogens is 1. The molecule has 0 aliphatic heterocycles. The van der Waals surface area contributed by atoms with Gasteiger partial charge < -0.3 is 15.2 Å². The van der Waals surface area contributed by atoms with Gasteiger partial charge in [0.05, 0.1) is 12.7 Å². The van der Waals surface area contributed by atoms with Crippen molar-refractivity contribution in [3.63, 3.8) is 0 Å². The summed E-state index contributed by atoms with van der Waals surface area (Å²) in [5.74, 6) is -0.825. The van der Waals surface area contributed by atoms with Gasteiger partial charge in [0.1, 0.15) is 5.82 Å². The molecule has 1 atom stereocenters. The molecular weight excluding hydrogens is 261 g/mol. The van der Waals surface area contributed by atoms with E-state index in [0.29, 0.717) is 12.5 Å². The molecule has 0 heterocycles. The topological polar surface area (TPSA) is 58.6 Å². The molecule has 5 heteroatoms. The normalized spacial score (nSPS) is 12.2. The predicted octanol–water partition coefficient (Wildman–Crippen LogP) is 2.11. The van der Waals surface area contributed by atoms with Crippen LogP contribution in [0.4, 0.5) is 4.39 Å². The van der Waals surface area contributed by atoms with Crippen LogP contribution in [0.2, 0.25) is 0 Å². The Balaban J connectivity index is 2.53. The molecule has 1 unspecified atom stereocenters. The fourth-order valence-electron chi connectivity index (χ4n) is 2.00. The highest BCUT2D eigenvalue weighted by molar-refractivity contribution is 5.89. The van der Waals surface area contributed by atoms with Gasteiger partial charge >= 0.3 is 5.97 Å². The quantitative estimate of drug-likeness (QED) is 0.717. The third kappa shape index (κ3) is 4.90. The van der Waals surface area contributed by atoms with E-state index in [9.17, 15) is 9.18 Å². The van der Waals surface area contributed by atoms with E-state index in [-0.39, 0.29) is 12.2 Å². The lowest BCUT2D eigenvalue weighted by Crippen LogP contribution is -2.23. The minimum absolute atomic E-state index is 0.0528. The van der Waals surface area contributed by atoms with Gasteiger partial charge in [-0.3, -0.25) is 0 Å².